The summed E-state index contributed by atoms with van der Waals surface area (Å²) in [5, 5.41) is 1.78. The molecular weight excluding hydrogens is 216 g/mol. The normalized spacial score (nSPS) is 11.0. The van der Waals surface area contributed by atoms with Gasteiger partial charge in [0, 0.05) is 5.39 Å². The molecule has 0 aliphatic rings. The molecule has 1 aromatic heterocycles. The Bertz CT molecular complexity index is 436. The molecule has 0 saturated heterocycles. The van der Waals surface area contributed by atoms with Crippen LogP contribution in [0.5, 0.6) is 0 Å². The van der Waals surface area contributed by atoms with Crippen molar-refractivity contribution in [1.29, 1.82) is 0 Å². The van der Waals surface area contributed by atoms with Crippen LogP contribution >= 0.6 is 23.4 Å². The first-order chi connectivity index (χ1) is 6.81. The van der Waals surface area contributed by atoms with Gasteiger partial charge in [-0.15, -0.1) is 0 Å². The lowest BCUT2D eigenvalue weighted by molar-refractivity contribution is 0.574. The summed E-state index contributed by atoms with van der Waals surface area (Å²) in [6, 6.07) is 7.77. The monoisotopic (exact) mass is 226 g/mol. The predicted molar refractivity (Wildman–Crippen MR) is 63.1 cm³/mol. The van der Waals surface area contributed by atoms with Crippen molar-refractivity contribution in [3.8, 4) is 0 Å². The number of thioether (sulfide) groups is 1. The second kappa shape index (κ2) is 4.28. The van der Waals surface area contributed by atoms with Gasteiger partial charge in [-0.3, -0.25) is 0 Å². The van der Waals surface area contributed by atoms with Crippen LogP contribution in [0.1, 0.15) is 12.7 Å². The number of hydrogen-bond donors (Lipinski definition) is 0. The largest absolute Gasteiger partial charge is 0.460 e. The summed E-state index contributed by atoms with van der Waals surface area (Å²) >= 11 is 7.88. The Morgan fingerprint density at radius 1 is 1.43 bits per heavy atom. The highest BCUT2D eigenvalue weighted by atomic mass is 35.5. The van der Waals surface area contributed by atoms with Crippen LogP contribution in [0.15, 0.2) is 28.7 Å². The number of hydrogen-bond acceptors (Lipinski definition) is 2. The van der Waals surface area contributed by atoms with E-state index in [9.17, 15) is 0 Å². The maximum Gasteiger partial charge on any atom is 0.135 e. The highest BCUT2D eigenvalue weighted by Crippen LogP contribution is 2.28. The molecule has 0 radical (unpaired) electrons. The van der Waals surface area contributed by atoms with E-state index in [1.165, 1.54) is 0 Å². The number of benzene rings is 1. The van der Waals surface area contributed by atoms with E-state index < -0.39 is 0 Å². The first kappa shape index (κ1) is 9.94. The van der Waals surface area contributed by atoms with Crippen LogP contribution in [0, 0.1) is 0 Å². The first-order valence-electron chi connectivity index (χ1n) is 4.56. The van der Waals surface area contributed by atoms with Gasteiger partial charge in [0.15, 0.2) is 0 Å². The molecule has 0 fully saturated rings. The Morgan fingerprint density at radius 3 is 3.00 bits per heavy atom. The third-order valence-corrected chi connectivity index (χ3v) is 3.23. The minimum Gasteiger partial charge on any atom is -0.460 e. The molecule has 0 saturated carbocycles. The van der Waals surface area contributed by atoms with Crippen molar-refractivity contribution < 1.29 is 4.42 Å². The lowest BCUT2D eigenvalue weighted by Gasteiger charge is -1.91. The van der Waals surface area contributed by atoms with Gasteiger partial charge in [0.05, 0.1) is 10.8 Å². The fourth-order valence-electron chi connectivity index (χ4n) is 1.35. The van der Waals surface area contributed by atoms with Gasteiger partial charge < -0.3 is 4.42 Å². The molecule has 0 aliphatic heterocycles. The van der Waals surface area contributed by atoms with Gasteiger partial charge in [-0.1, -0.05) is 24.6 Å². The first-order valence-corrected chi connectivity index (χ1v) is 6.09. The van der Waals surface area contributed by atoms with Gasteiger partial charge in [-0.25, -0.2) is 0 Å². The van der Waals surface area contributed by atoms with Crippen molar-refractivity contribution in [1.82, 2.24) is 0 Å². The standard InChI is InChI=1S/C11H11ClOS/c1-2-14-7-8-6-9-10(12)4-3-5-11(9)13-8/h3-6H,2,7H2,1H3. The summed E-state index contributed by atoms with van der Waals surface area (Å²) in [4.78, 5) is 0. The van der Waals surface area contributed by atoms with Crippen LogP contribution < -0.4 is 0 Å². The van der Waals surface area contributed by atoms with E-state index in [2.05, 4.69) is 6.92 Å². The van der Waals surface area contributed by atoms with Gasteiger partial charge in [0.1, 0.15) is 11.3 Å². The highest BCUT2D eigenvalue weighted by molar-refractivity contribution is 7.98. The molecule has 2 aromatic rings. The fourth-order valence-corrected chi connectivity index (χ4v) is 2.12. The summed E-state index contributed by atoms with van der Waals surface area (Å²) in [5.74, 6) is 3.02. The molecule has 74 valence electrons. The zero-order chi connectivity index (χ0) is 9.97. The van der Waals surface area contributed by atoms with Crippen LogP contribution in [0.2, 0.25) is 5.02 Å². The Balaban J connectivity index is 2.36. The summed E-state index contributed by atoms with van der Waals surface area (Å²) in [5.41, 5.74) is 0.879. The van der Waals surface area contributed by atoms with Crippen molar-refractivity contribution in [2.75, 3.05) is 5.75 Å². The number of rotatable bonds is 3. The van der Waals surface area contributed by atoms with Gasteiger partial charge in [-0.2, -0.15) is 11.8 Å². The minimum atomic E-state index is 0.763. The zero-order valence-corrected chi connectivity index (χ0v) is 9.49. The van der Waals surface area contributed by atoms with Crippen molar-refractivity contribution in [3.63, 3.8) is 0 Å². The van der Waals surface area contributed by atoms with Gasteiger partial charge in [0.25, 0.3) is 0 Å². The average molecular weight is 227 g/mol. The Kier molecular flexibility index (Phi) is 3.04. The van der Waals surface area contributed by atoms with Gasteiger partial charge in [0.2, 0.25) is 0 Å². The van der Waals surface area contributed by atoms with Crippen LogP contribution in [0.3, 0.4) is 0 Å². The third kappa shape index (κ3) is 1.91. The van der Waals surface area contributed by atoms with E-state index in [0.29, 0.717) is 0 Å². The Morgan fingerprint density at radius 2 is 2.29 bits per heavy atom. The molecule has 0 amide bonds. The SMILES string of the molecule is CCSCc1cc2c(Cl)cccc2o1. The van der Waals surface area contributed by atoms with Crippen LogP contribution in [0.25, 0.3) is 11.0 Å². The molecule has 14 heavy (non-hydrogen) atoms. The molecule has 0 atom stereocenters. The van der Waals surface area contributed by atoms with E-state index >= 15 is 0 Å². The fraction of sp³-hybridized carbons (Fsp3) is 0.273. The summed E-state index contributed by atoms with van der Waals surface area (Å²) in [6.45, 7) is 2.14. The zero-order valence-electron chi connectivity index (χ0n) is 7.92. The van der Waals surface area contributed by atoms with Crippen LogP contribution in [-0.4, -0.2) is 5.75 Å². The molecule has 1 aromatic carbocycles. The number of halogens is 1. The van der Waals surface area contributed by atoms with E-state index in [1.807, 2.05) is 36.0 Å². The smallest absolute Gasteiger partial charge is 0.135 e. The second-order valence-corrected chi connectivity index (χ2v) is 4.68. The van der Waals surface area contributed by atoms with E-state index in [0.717, 1.165) is 33.3 Å². The summed E-state index contributed by atoms with van der Waals surface area (Å²) in [7, 11) is 0. The minimum absolute atomic E-state index is 0.763. The molecule has 3 heteroatoms. The Labute approximate surface area is 92.4 Å². The molecule has 0 unspecified atom stereocenters. The Hall–Kier alpha value is -0.600. The quantitative estimate of drug-likeness (QED) is 0.773. The molecule has 1 nitrogen and oxygen atoms in total. The molecule has 1 heterocycles. The van der Waals surface area contributed by atoms with Crippen LogP contribution in [-0.2, 0) is 5.75 Å². The average Bonchev–Trinajstić information content (AvgIpc) is 2.59. The number of fused-ring (bicyclic) bond motifs is 1. The lowest BCUT2D eigenvalue weighted by atomic mass is 10.2. The molecule has 0 N–H and O–H groups in total. The van der Waals surface area contributed by atoms with E-state index in [-0.39, 0.29) is 0 Å². The lowest BCUT2D eigenvalue weighted by Crippen LogP contribution is -1.73. The number of furan rings is 1. The maximum absolute atomic E-state index is 6.04. The van der Waals surface area contributed by atoms with E-state index in [1.54, 1.807) is 0 Å². The van der Waals surface area contributed by atoms with Crippen molar-refractivity contribution in [2.24, 2.45) is 0 Å². The van der Waals surface area contributed by atoms with Crippen molar-refractivity contribution in [2.45, 2.75) is 12.7 Å². The topological polar surface area (TPSA) is 13.1 Å². The second-order valence-electron chi connectivity index (χ2n) is 3.00. The molecular formula is C11H11ClOS. The summed E-state index contributed by atoms with van der Waals surface area (Å²) in [6.07, 6.45) is 0. The molecule has 0 bridgehead atoms. The maximum atomic E-state index is 6.04. The summed E-state index contributed by atoms with van der Waals surface area (Å²) < 4.78 is 5.65. The molecule has 0 aliphatic carbocycles. The van der Waals surface area contributed by atoms with Crippen molar-refractivity contribution >= 4 is 34.3 Å². The third-order valence-electron chi connectivity index (χ3n) is 2.01. The predicted octanol–water partition coefficient (Wildman–Crippen LogP) is 4.34. The van der Waals surface area contributed by atoms with Gasteiger partial charge in [-0.05, 0) is 24.0 Å². The van der Waals surface area contributed by atoms with Gasteiger partial charge >= 0.3 is 0 Å². The highest BCUT2D eigenvalue weighted by Gasteiger charge is 2.05. The molecule has 0 spiro atoms. The molecule has 2 rings (SSSR count). The van der Waals surface area contributed by atoms with Crippen molar-refractivity contribution in [3.05, 3.63) is 35.0 Å². The van der Waals surface area contributed by atoms with Crippen LogP contribution in [0.4, 0.5) is 0 Å². The van der Waals surface area contributed by atoms with E-state index in [4.69, 9.17) is 16.0 Å².